The minimum Gasteiger partial charge on any atom is -0.492 e. The maximum Gasteiger partial charge on any atom is 0.134 e. The SMILES string of the molecule is CN1CCN(CCCOc2ccc3ccccc3c2Br)CC1. The maximum absolute atomic E-state index is 5.97. The van der Waals surface area contributed by atoms with E-state index in [1.165, 1.54) is 37.0 Å². The lowest BCUT2D eigenvalue weighted by Gasteiger charge is -2.32. The van der Waals surface area contributed by atoms with Crippen molar-refractivity contribution in [1.82, 2.24) is 9.80 Å². The lowest BCUT2D eigenvalue weighted by Crippen LogP contribution is -2.44. The summed E-state index contributed by atoms with van der Waals surface area (Å²) in [6.07, 6.45) is 1.07. The second-order valence-electron chi connectivity index (χ2n) is 5.95. The number of hydrogen-bond acceptors (Lipinski definition) is 3. The molecule has 0 amide bonds. The van der Waals surface area contributed by atoms with E-state index in [1.807, 2.05) is 0 Å². The van der Waals surface area contributed by atoms with Crippen LogP contribution in [0.25, 0.3) is 10.8 Å². The lowest BCUT2D eigenvalue weighted by molar-refractivity contribution is 0.145. The third-order valence-corrected chi connectivity index (χ3v) is 5.12. The van der Waals surface area contributed by atoms with Gasteiger partial charge in [0.25, 0.3) is 0 Å². The van der Waals surface area contributed by atoms with Crippen molar-refractivity contribution in [3.8, 4) is 5.75 Å². The highest BCUT2D eigenvalue weighted by Crippen LogP contribution is 2.33. The summed E-state index contributed by atoms with van der Waals surface area (Å²) in [6.45, 7) is 6.60. The molecule has 0 radical (unpaired) electrons. The number of rotatable bonds is 5. The Morgan fingerprint density at radius 2 is 1.82 bits per heavy atom. The summed E-state index contributed by atoms with van der Waals surface area (Å²) in [6, 6.07) is 12.5. The largest absolute Gasteiger partial charge is 0.492 e. The Morgan fingerprint density at radius 1 is 1.05 bits per heavy atom. The predicted octanol–water partition coefficient (Wildman–Crippen LogP) is 3.62. The second kappa shape index (κ2) is 7.44. The van der Waals surface area contributed by atoms with E-state index >= 15 is 0 Å². The van der Waals surface area contributed by atoms with E-state index in [0.29, 0.717) is 0 Å². The summed E-state index contributed by atoms with van der Waals surface area (Å²) in [5.41, 5.74) is 0. The van der Waals surface area contributed by atoms with Crippen LogP contribution < -0.4 is 4.74 Å². The first-order valence-electron chi connectivity index (χ1n) is 7.95. The Kier molecular flexibility index (Phi) is 5.34. The fourth-order valence-electron chi connectivity index (χ4n) is 2.87. The van der Waals surface area contributed by atoms with Crippen molar-refractivity contribution in [3.05, 3.63) is 40.9 Å². The molecule has 118 valence electrons. The van der Waals surface area contributed by atoms with Gasteiger partial charge in [0.15, 0.2) is 0 Å². The zero-order valence-electron chi connectivity index (χ0n) is 13.1. The summed E-state index contributed by atoms with van der Waals surface area (Å²) < 4.78 is 7.03. The van der Waals surface area contributed by atoms with Crippen molar-refractivity contribution in [2.24, 2.45) is 0 Å². The third kappa shape index (κ3) is 3.80. The van der Waals surface area contributed by atoms with Gasteiger partial charge in [0, 0.05) is 32.7 Å². The minimum absolute atomic E-state index is 0.767. The van der Waals surface area contributed by atoms with Crippen LogP contribution >= 0.6 is 15.9 Å². The summed E-state index contributed by atoms with van der Waals surface area (Å²) in [5, 5.41) is 2.44. The van der Waals surface area contributed by atoms with Crippen LogP contribution in [0.4, 0.5) is 0 Å². The third-order valence-electron chi connectivity index (χ3n) is 4.30. The van der Waals surface area contributed by atoms with Gasteiger partial charge in [0.1, 0.15) is 5.75 Å². The van der Waals surface area contributed by atoms with Crippen LogP contribution in [0.5, 0.6) is 5.75 Å². The van der Waals surface area contributed by atoms with Gasteiger partial charge in [-0.15, -0.1) is 0 Å². The predicted molar refractivity (Wildman–Crippen MR) is 95.7 cm³/mol. The van der Waals surface area contributed by atoms with Crippen LogP contribution in [0.3, 0.4) is 0 Å². The van der Waals surface area contributed by atoms with Crippen molar-refractivity contribution in [3.63, 3.8) is 0 Å². The molecule has 3 nitrogen and oxygen atoms in total. The molecule has 4 heteroatoms. The van der Waals surface area contributed by atoms with E-state index in [1.54, 1.807) is 0 Å². The molecule has 3 rings (SSSR count). The van der Waals surface area contributed by atoms with E-state index in [0.717, 1.165) is 29.8 Å². The quantitative estimate of drug-likeness (QED) is 0.755. The molecule has 0 unspecified atom stereocenters. The second-order valence-corrected chi connectivity index (χ2v) is 6.74. The molecule has 0 bridgehead atoms. The van der Waals surface area contributed by atoms with Crippen LogP contribution in [0.15, 0.2) is 40.9 Å². The molecule has 1 aliphatic heterocycles. The number of halogens is 1. The Balaban J connectivity index is 1.50. The molecule has 1 aliphatic rings. The van der Waals surface area contributed by atoms with Crippen molar-refractivity contribution in [2.75, 3.05) is 46.4 Å². The Labute approximate surface area is 141 Å². The first-order valence-corrected chi connectivity index (χ1v) is 8.74. The molecule has 2 aromatic rings. The van der Waals surface area contributed by atoms with Crippen LogP contribution in [-0.2, 0) is 0 Å². The van der Waals surface area contributed by atoms with Crippen LogP contribution in [0, 0.1) is 0 Å². The zero-order chi connectivity index (χ0) is 15.4. The van der Waals surface area contributed by atoms with Gasteiger partial charge in [-0.25, -0.2) is 0 Å². The number of fused-ring (bicyclic) bond motifs is 1. The van der Waals surface area contributed by atoms with Gasteiger partial charge in [-0.3, -0.25) is 0 Å². The lowest BCUT2D eigenvalue weighted by atomic mass is 10.1. The highest BCUT2D eigenvalue weighted by atomic mass is 79.9. The summed E-state index contributed by atoms with van der Waals surface area (Å²) >= 11 is 3.68. The van der Waals surface area contributed by atoms with E-state index in [2.05, 4.69) is 69.2 Å². The van der Waals surface area contributed by atoms with Gasteiger partial charge in [-0.2, -0.15) is 0 Å². The van der Waals surface area contributed by atoms with Gasteiger partial charge in [-0.1, -0.05) is 30.3 Å². The molecule has 0 N–H and O–H groups in total. The first-order chi connectivity index (χ1) is 10.7. The average molecular weight is 363 g/mol. The normalized spacial score (nSPS) is 17.0. The van der Waals surface area contributed by atoms with Crippen LogP contribution in [0.2, 0.25) is 0 Å². The summed E-state index contributed by atoms with van der Waals surface area (Å²) in [5.74, 6) is 0.942. The minimum atomic E-state index is 0.767. The number of likely N-dealkylation sites (N-methyl/N-ethyl adjacent to an activating group) is 1. The molecule has 0 atom stereocenters. The fourth-order valence-corrected chi connectivity index (χ4v) is 3.47. The average Bonchev–Trinajstić information content (AvgIpc) is 2.55. The number of hydrogen-bond donors (Lipinski definition) is 0. The fraction of sp³-hybridized carbons (Fsp3) is 0.444. The summed E-state index contributed by atoms with van der Waals surface area (Å²) in [7, 11) is 2.19. The van der Waals surface area contributed by atoms with Crippen LogP contribution in [-0.4, -0.2) is 56.2 Å². The number of ether oxygens (including phenoxy) is 1. The standard InChI is InChI=1S/C18H23BrN2O/c1-20-10-12-21(13-11-20)9-4-14-22-17-8-7-15-5-2-3-6-16(15)18(17)19/h2-3,5-8H,4,9-14H2,1H3. The van der Waals surface area contributed by atoms with Crippen LogP contribution in [0.1, 0.15) is 6.42 Å². The molecule has 22 heavy (non-hydrogen) atoms. The van der Waals surface area contributed by atoms with Crippen molar-refractivity contribution >= 4 is 26.7 Å². The Hall–Kier alpha value is -1.10. The van der Waals surface area contributed by atoms with E-state index in [-0.39, 0.29) is 0 Å². The molecule has 2 aromatic carbocycles. The number of benzene rings is 2. The highest BCUT2D eigenvalue weighted by molar-refractivity contribution is 9.10. The van der Waals surface area contributed by atoms with E-state index in [9.17, 15) is 0 Å². The maximum atomic E-state index is 5.97. The zero-order valence-corrected chi connectivity index (χ0v) is 14.7. The smallest absolute Gasteiger partial charge is 0.134 e. The van der Waals surface area contributed by atoms with Gasteiger partial charge in [-0.05, 0) is 46.2 Å². The molecule has 0 saturated carbocycles. The van der Waals surface area contributed by atoms with Gasteiger partial charge in [0.2, 0.25) is 0 Å². The van der Waals surface area contributed by atoms with Crippen molar-refractivity contribution in [1.29, 1.82) is 0 Å². The summed E-state index contributed by atoms with van der Waals surface area (Å²) in [4.78, 5) is 4.91. The molecule has 0 aromatic heterocycles. The molecule has 0 aliphatic carbocycles. The molecular formula is C18H23BrN2O. The Morgan fingerprint density at radius 3 is 2.64 bits per heavy atom. The molecule has 0 spiro atoms. The van der Waals surface area contributed by atoms with E-state index < -0.39 is 0 Å². The van der Waals surface area contributed by atoms with Crippen molar-refractivity contribution in [2.45, 2.75) is 6.42 Å². The topological polar surface area (TPSA) is 15.7 Å². The van der Waals surface area contributed by atoms with Gasteiger partial charge in [0.05, 0.1) is 11.1 Å². The molecule has 1 heterocycles. The number of nitrogens with zero attached hydrogens (tertiary/aromatic N) is 2. The van der Waals surface area contributed by atoms with E-state index in [4.69, 9.17) is 4.74 Å². The molecule has 1 saturated heterocycles. The first kappa shape index (κ1) is 15.8. The Bertz CT molecular complexity index is 624. The van der Waals surface area contributed by atoms with Crippen molar-refractivity contribution < 1.29 is 4.74 Å². The van der Waals surface area contributed by atoms with Gasteiger partial charge < -0.3 is 14.5 Å². The molecule has 1 fully saturated rings. The number of piperazine rings is 1. The monoisotopic (exact) mass is 362 g/mol. The van der Waals surface area contributed by atoms with Gasteiger partial charge >= 0.3 is 0 Å². The molecular weight excluding hydrogens is 340 g/mol. The highest BCUT2D eigenvalue weighted by Gasteiger charge is 2.13.